The Bertz CT molecular complexity index is 1020. The predicted octanol–water partition coefficient (Wildman–Crippen LogP) is 4.95. The molecular formula is C22H23N3O3S. The number of carbonyl (C=O) groups is 2. The molecule has 0 aliphatic heterocycles. The number of benzene rings is 1. The van der Waals surface area contributed by atoms with Crippen molar-refractivity contribution in [2.75, 3.05) is 4.90 Å². The number of thiophene rings is 1. The van der Waals surface area contributed by atoms with Crippen molar-refractivity contribution in [2.45, 2.75) is 32.6 Å². The maximum absolute atomic E-state index is 12.3. The first-order valence-corrected chi connectivity index (χ1v) is 9.93. The molecule has 0 saturated carbocycles. The topological polar surface area (TPSA) is 96.5 Å². The van der Waals surface area contributed by atoms with E-state index in [1.165, 1.54) is 4.90 Å². The lowest BCUT2D eigenvalue weighted by Gasteiger charge is -2.21. The molecule has 2 amide bonds. The maximum atomic E-state index is 12.3. The van der Waals surface area contributed by atoms with Gasteiger partial charge in [0.05, 0.1) is 11.4 Å². The van der Waals surface area contributed by atoms with Gasteiger partial charge in [-0.1, -0.05) is 32.9 Å². The zero-order valence-corrected chi connectivity index (χ0v) is 17.4. The average Bonchev–Trinajstić information content (AvgIpc) is 3.09. The Hall–Kier alpha value is -3.19. The summed E-state index contributed by atoms with van der Waals surface area (Å²) in [6.07, 6.45) is 4.22. The predicted molar refractivity (Wildman–Crippen MR) is 115 cm³/mol. The number of rotatable bonds is 5. The van der Waals surface area contributed by atoms with Gasteiger partial charge in [-0.15, -0.1) is 11.3 Å². The van der Waals surface area contributed by atoms with Crippen LogP contribution < -0.4 is 10.6 Å². The van der Waals surface area contributed by atoms with Crippen molar-refractivity contribution in [1.29, 1.82) is 0 Å². The van der Waals surface area contributed by atoms with E-state index in [2.05, 4.69) is 4.98 Å². The summed E-state index contributed by atoms with van der Waals surface area (Å²) in [7, 11) is 0. The number of carboxylic acids is 1. The fourth-order valence-corrected chi connectivity index (χ4v) is 3.99. The van der Waals surface area contributed by atoms with Crippen molar-refractivity contribution in [1.82, 2.24) is 4.98 Å². The van der Waals surface area contributed by atoms with Gasteiger partial charge in [0, 0.05) is 17.3 Å². The van der Waals surface area contributed by atoms with E-state index in [4.69, 9.17) is 5.73 Å². The molecule has 6 nitrogen and oxygen atoms in total. The third-order valence-electron chi connectivity index (χ3n) is 4.46. The second-order valence-electron chi connectivity index (χ2n) is 7.75. The van der Waals surface area contributed by atoms with Gasteiger partial charge in [-0.25, -0.2) is 9.59 Å². The number of nitrogens with zero attached hydrogens (tertiary/aromatic N) is 2. The third-order valence-corrected chi connectivity index (χ3v) is 6.00. The standard InChI is InChI=1S/C22H23N3O3S/c1-22(2,3)18-13-17(19(29-18)20(26)27)25(21(23)28)16-6-4-14(5-7-16)12-15-8-10-24-11-9-15/h4-11,13H,12H2,1-3H3,(H2,23,28)(H,26,27). The molecule has 1 aromatic carbocycles. The molecule has 150 valence electrons. The monoisotopic (exact) mass is 409 g/mol. The third kappa shape index (κ3) is 4.63. The zero-order valence-electron chi connectivity index (χ0n) is 16.5. The van der Waals surface area contributed by atoms with Gasteiger partial charge in [0.2, 0.25) is 0 Å². The van der Waals surface area contributed by atoms with E-state index in [0.717, 1.165) is 33.8 Å². The van der Waals surface area contributed by atoms with Crippen LogP contribution in [0.4, 0.5) is 16.2 Å². The van der Waals surface area contributed by atoms with Gasteiger partial charge in [-0.05, 0) is 53.3 Å². The molecule has 2 heterocycles. The summed E-state index contributed by atoms with van der Waals surface area (Å²) in [5, 5.41) is 9.66. The van der Waals surface area contributed by atoms with E-state index >= 15 is 0 Å². The van der Waals surface area contributed by atoms with Crippen molar-refractivity contribution >= 4 is 34.7 Å². The summed E-state index contributed by atoms with van der Waals surface area (Å²) in [4.78, 5) is 30.3. The van der Waals surface area contributed by atoms with Gasteiger partial charge in [-0.2, -0.15) is 0 Å². The summed E-state index contributed by atoms with van der Waals surface area (Å²) in [6, 6.07) is 12.3. The minimum atomic E-state index is -1.08. The highest BCUT2D eigenvalue weighted by molar-refractivity contribution is 7.14. The Kier molecular flexibility index (Phi) is 5.70. The van der Waals surface area contributed by atoms with E-state index in [1.807, 2.05) is 45.0 Å². The van der Waals surface area contributed by atoms with E-state index in [-0.39, 0.29) is 10.3 Å². The van der Waals surface area contributed by atoms with Crippen LogP contribution in [0.25, 0.3) is 0 Å². The summed E-state index contributed by atoms with van der Waals surface area (Å²) in [5.41, 5.74) is 8.40. The van der Waals surface area contributed by atoms with Gasteiger partial charge in [-0.3, -0.25) is 9.88 Å². The van der Waals surface area contributed by atoms with Crippen molar-refractivity contribution in [3.63, 3.8) is 0 Å². The van der Waals surface area contributed by atoms with Gasteiger partial charge in [0.25, 0.3) is 0 Å². The summed E-state index contributed by atoms with van der Waals surface area (Å²) in [5.74, 6) is -1.08. The van der Waals surface area contributed by atoms with Crippen molar-refractivity contribution < 1.29 is 14.7 Å². The molecule has 0 radical (unpaired) electrons. The second kappa shape index (κ2) is 8.05. The Balaban J connectivity index is 1.98. The quantitative estimate of drug-likeness (QED) is 0.623. The van der Waals surface area contributed by atoms with Crippen LogP contribution in [0.2, 0.25) is 0 Å². The minimum absolute atomic E-state index is 0.0922. The fraction of sp³-hybridized carbons (Fsp3) is 0.227. The summed E-state index contributed by atoms with van der Waals surface area (Å²) in [6.45, 7) is 5.99. The van der Waals surface area contributed by atoms with E-state index in [0.29, 0.717) is 11.4 Å². The molecule has 3 N–H and O–H groups in total. The number of pyridine rings is 1. The van der Waals surface area contributed by atoms with Crippen LogP contribution in [-0.4, -0.2) is 22.1 Å². The van der Waals surface area contributed by atoms with Crippen LogP contribution in [-0.2, 0) is 11.8 Å². The Morgan fingerprint density at radius 3 is 2.17 bits per heavy atom. The van der Waals surface area contributed by atoms with Gasteiger partial charge < -0.3 is 10.8 Å². The molecule has 0 bridgehead atoms. The van der Waals surface area contributed by atoms with Crippen molar-refractivity contribution in [2.24, 2.45) is 5.73 Å². The number of primary amides is 1. The van der Waals surface area contributed by atoms with E-state index < -0.39 is 12.0 Å². The summed E-state index contributed by atoms with van der Waals surface area (Å²) < 4.78 is 0. The number of carboxylic acid groups (broad SMARTS) is 1. The molecule has 2 aromatic heterocycles. The van der Waals surface area contributed by atoms with E-state index in [9.17, 15) is 14.7 Å². The van der Waals surface area contributed by atoms with Crippen molar-refractivity contribution in [3.8, 4) is 0 Å². The molecule has 0 unspecified atom stereocenters. The van der Waals surface area contributed by atoms with Gasteiger partial charge >= 0.3 is 12.0 Å². The van der Waals surface area contributed by atoms with E-state index in [1.54, 1.807) is 30.6 Å². The number of hydrogen-bond acceptors (Lipinski definition) is 4. The molecule has 29 heavy (non-hydrogen) atoms. The number of amides is 2. The lowest BCUT2D eigenvalue weighted by atomic mass is 9.94. The Morgan fingerprint density at radius 2 is 1.66 bits per heavy atom. The number of anilines is 2. The van der Waals surface area contributed by atoms with Crippen LogP contribution in [0.1, 0.15) is 46.4 Å². The SMILES string of the molecule is CC(C)(C)c1cc(N(C(N)=O)c2ccc(Cc3ccncc3)cc2)c(C(=O)O)s1. The smallest absolute Gasteiger partial charge is 0.348 e. The number of urea groups is 1. The molecule has 3 aromatic rings. The minimum Gasteiger partial charge on any atom is -0.477 e. The van der Waals surface area contributed by atoms with Crippen molar-refractivity contribution in [3.05, 3.63) is 75.7 Å². The lowest BCUT2D eigenvalue weighted by Crippen LogP contribution is -2.32. The number of hydrogen-bond donors (Lipinski definition) is 2. The van der Waals surface area contributed by atoms with Crippen LogP contribution in [0.15, 0.2) is 54.9 Å². The molecule has 0 atom stereocenters. The molecule has 0 aliphatic rings. The van der Waals surface area contributed by atoms with Crippen LogP contribution in [0.5, 0.6) is 0 Å². The fourth-order valence-electron chi connectivity index (χ4n) is 2.95. The molecule has 3 rings (SSSR count). The molecule has 0 fully saturated rings. The molecule has 0 saturated heterocycles. The number of aromatic nitrogens is 1. The Labute approximate surface area is 173 Å². The highest BCUT2D eigenvalue weighted by Crippen LogP contribution is 2.40. The zero-order chi connectivity index (χ0) is 21.2. The first kappa shape index (κ1) is 20.5. The highest BCUT2D eigenvalue weighted by atomic mass is 32.1. The van der Waals surface area contributed by atoms with Crippen LogP contribution in [0.3, 0.4) is 0 Å². The number of carbonyl (C=O) groups excluding carboxylic acids is 1. The first-order chi connectivity index (χ1) is 13.7. The summed E-state index contributed by atoms with van der Waals surface area (Å²) >= 11 is 1.16. The Morgan fingerprint density at radius 1 is 1.07 bits per heavy atom. The van der Waals surface area contributed by atoms with Gasteiger partial charge in [0.15, 0.2) is 0 Å². The molecule has 0 spiro atoms. The van der Waals surface area contributed by atoms with Crippen LogP contribution in [0, 0.1) is 0 Å². The highest BCUT2D eigenvalue weighted by Gasteiger charge is 2.28. The first-order valence-electron chi connectivity index (χ1n) is 9.12. The lowest BCUT2D eigenvalue weighted by molar-refractivity contribution is 0.0703. The normalized spacial score (nSPS) is 11.3. The molecular weight excluding hydrogens is 386 g/mol. The maximum Gasteiger partial charge on any atom is 0.348 e. The average molecular weight is 410 g/mol. The number of nitrogens with two attached hydrogens (primary N) is 1. The molecule has 7 heteroatoms. The molecule has 0 aliphatic carbocycles. The largest absolute Gasteiger partial charge is 0.477 e. The number of aromatic carboxylic acids is 1. The van der Waals surface area contributed by atoms with Gasteiger partial charge in [0.1, 0.15) is 4.88 Å². The van der Waals surface area contributed by atoms with Crippen LogP contribution >= 0.6 is 11.3 Å². The second-order valence-corrected chi connectivity index (χ2v) is 8.80.